The Hall–Kier alpha value is 1.000. The maximum Gasteiger partial charge on any atom is 0.477 e. The molecule has 10 heteroatoms. The van der Waals surface area contributed by atoms with Crippen molar-refractivity contribution in [3.8, 4) is 0 Å². The molecule has 6 nitrogen and oxygen atoms in total. The van der Waals surface area contributed by atoms with Crippen molar-refractivity contribution in [3.05, 3.63) is 0 Å². The van der Waals surface area contributed by atoms with Crippen molar-refractivity contribution in [2.75, 3.05) is 0 Å². The molecule has 0 radical (unpaired) electrons. The van der Waals surface area contributed by atoms with Crippen molar-refractivity contribution < 1.29 is 28.1 Å². The summed E-state index contributed by atoms with van der Waals surface area (Å²) in [4.78, 5) is 26.2. The molecule has 0 spiro atoms. The summed E-state index contributed by atoms with van der Waals surface area (Å²) < 4.78 is 25.7. The van der Waals surface area contributed by atoms with Gasteiger partial charge in [0.15, 0.2) is 0 Å². The molecular weight excluding hydrogens is 306 g/mol. The van der Waals surface area contributed by atoms with Crippen LogP contribution in [0.2, 0.25) is 0 Å². The van der Waals surface area contributed by atoms with E-state index in [0.717, 1.165) is 18.8 Å². The second-order valence-corrected chi connectivity index (χ2v) is 11.7. The first-order valence-corrected chi connectivity index (χ1v) is 11.1. The number of hydrogen-bond donors (Lipinski definition) is 3. The van der Waals surface area contributed by atoms with Crippen LogP contribution < -0.4 is 0 Å². The van der Waals surface area contributed by atoms with E-state index in [4.69, 9.17) is 9.79 Å². The Kier molecular flexibility index (Phi) is 4.39. The van der Waals surface area contributed by atoms with Crippen molar-refractivity contribution >= 4 is 35.8 Å². The highest BCUT2D eigenvalue weighted by atomic mass is 33.3. The van der Waals surface area contributed by atoms with Gasteiger partial charge in [0.25, 0.3) is 0 Å². The molecule has 0 aromatic heterocycles. The normalized spacial score (nSPS) is 36.1. The molecule has 0 heterocycles. The van der Waals surface area contributed by atoms with Gasteiger partial charge in [0.1, 0.15) is 0 Å². The predicted octanol–water partition coefficient (Wildman–Crippen LogP) is 2.77. The fourth-order valence-corrected chi connectivity index (χ4v) is 9.82. The summed E-state index contributed by atoms with van der Waals surface area (Å²) in [5.41, 5.74) is 0. The van der Waals surface area contributed by atoms with Crippen LogP contribution in [0, 0.1) is 11.8 Å². The number of rotatable bonds is 5. The van der Waals surface area contributed by atoms with Crippen LogP contribution >= 0.6 is 35.8 Å². The highest BCUT2D eigenvalue weighted by molar-refractivity contribution is 8.98. The van der Waals surface area contributed by atoms with Crippen molar-refractivity contribution in [1.82, 2.24) is 0 Å². The molecule has 2 fully saturated rings. The van der Waals surface area contributed by atoms with E-state index in [9.17, 15) is 14.0 Å². The van der Waals surface area contributed by atoms with E-state index in [1.54, 1.807) is 0 Å². The highest BCUT2D eigenvalue weighted by Crippen LogP contribution is 2.70. The van der Waals surface area contributed by atoms with Crippen LogP contribution in [0.4, 0.5) is 0 Å². The fraction of sp³-hybridized carbons (Fsp3) is 1.00. The maximum absolute atomic E-state index is 11.4. The van der Waals surface area contributed by atoms with E-state index >= 15 is 0 Å². The van der Waals surface area contributed by atoms with Crippen LogP contribution in [0.3, 0.4) is 0 Å². The van der Waals surface area contributed by atoms with Crippen molar-refractivity contribution in [2.24, 2.45) is 11.8 Å². The third-order valence-corrected chi connectivity index (χ3v) is 10.6. The topological polar surface area (TPSA) is 104 Å². The third-order valence-electron chi connectivity index (χ3n) is 3.14. The lowest BCUT2D eigenvalue weighted by Gasteiger charge is -2.21. The largest absolute Gasteiger partial charge is 0.477 e. The van der Waals surface area contributed by atoms with Gasteiger partial charge in [-0.25, -0.2) is 9.13 Å². The van der Waals surface area contributed by atoms with Gasteiger partial charge in [0, 0.05) is 15.7 Å². The first-order chi connectivity index (χ1) is 7.75. The van der Waals surface area contributed by atoms with Crippen LogP contribution in [0.25, 0.3) is 0 Å². The molecular formula is C7H14O6P2S2. The fourth-order valence-electron chi connectivity index (χ4n) is 2.56. The van der Waals surface area contributed by atoms with E-state index in [-0.39, 0.29) is 0 Å². The van der Waals surface area contributed by atoms with E-state index in [1.807, 2.05) is 0 Å². The Balaban J connectivity index is 1.82. The van der Waals surface area contributed by atoms with Crippen LogP contribution in [-0.4, -0.2) is 19.9 Å². The molecule has 17 heavy (non-hydrogen) atoms. The monoisotopic (exact) mass is 320 g/mol. The molecule has 0 aliphatic heterocycles. The molecule has 0 amide bonds. The summed E-state index contributed by atoms with van der Waals surface area (Å²) in [5.74, 6) is 1.30. The third kappa shape index (κ3) is 4.25. The summed E-state index contributed by atoms with van der Waals surface area (Å²) in [6, 6.07) is 0. The molecule has 2 aliphatic carbocycles. The van der Waals surface area contributed by atoms with Gasteiger partial charge in [-0.05, 0) is 31.1 Å². The lowest BCUT2D eigenvalue weighted by molar-refractivity contribution is 0.271. The van der Waals surface area contributed by atoms with E-state index < -0.39 is 14.6 Å². The average molecular weight is 320 g/mol. The molecule has 2 rings (SSSR count). The smallest absolute Gasteiger partial charge is 0.316 e. The van der Waals surface area contributed by atoms with Crippen LogP contribution in [-0.2, 0) is 13.4 Å². The minimum Gasteiger partial charge on any atom is -0.316 e. The molecule has 4 unspecified atom stereocenters. The first kappa shape index (κ1) is 14.4. The molecule has 0 aromatic rings. The van der Waals surface area contributed by atoms with Gasteiger partial charge in [0.2, 0.25) is 0 Å². The van der Waals surface area contributed by atoms with Gasteiger partial charge in [-0.15, -0.1) is 0 Å². The van der Waals surface area contributed by atoms with Crippen molar-refractivity contribution in [3.63, 3.8) is 0 Å². The zero-order valence-corrected chi connectivity index (χ0v) is 12.3. The lowest BCUT2D eigenvalue weighted by Crippen LogP contribution is -2.10. The van der Waals surface area contributed by atoms with Crippen LogP contribution in [0.1, 0.15) is 25.7 Å². The quantitative estimate of drug-likeness (QED) is 0.525. The standard InChI is InChI=1S/C7H14O6P2S2/c8-14(9,10)13-15(11,12)17-16-7-4-5-1-2-6(7)3-5/h5-7H,1-4H2,(H,11,12)(H2,8,9,10). The van der Waals surface area contributed by atoms with E-state index in [1.165, 1.54) is 23.6 Å². The van der Waals surface area contributed by atoms with Gasteiger partial charge in [-0.2, -0.15) is 4.31 Å². The zero-order valence-electron chi connectivity index (χ0n) is 8.84. The minimum absolute atomic E-state index is 0.305. The Labute approximate surface area is 107 Å². The van der Waals surface area contributed by atoms with E-state index in [0.29, 0.717) is 21.6 Å². The lowest BCUT2D eigenvalue weighted by atomic mass is 10.0. The molecule has 2 aliphatic rings. The summed E-state index contributed by atoms with van der Waals surface area (Å²) >= 11 is 0. The second-order valence-electron chi connectivity index (χ2n) is 4.42. The van der Waals surface area contributed by atoms with Crippen molar-refractivity contribution in [1.29, 1.82) is 0 Å². The van der Waals surface area contributed by atoms with E-state index in [2.05, 4.69) is 4.31 Å². The SMILES string of the molecule is O=P(O)(O)OP(=O)(O)SSC1CC2CCC1C2. The number of fused-ring (bicyclic) bond motifs is 2. The molecule has 4 atom stereocenters. The first-order valence-electron chi connectivity index (χ1n) is 5.20. The summed E-state index contributed by atoms with van der Waals surface area (Å²) in [5, 5.41) is 0.305. The average Bonchev–Trinajstić information content (AvgIpc) is 2.71. The molecule has 2 saturated carbocycles. The number of hydrogen-bond acceptors (Lipinski definition) is 5. The molecule has 3 N–H and O–H groups in total. The predicted molar refractivity (Wildman–Crippen MR) is 67.4 cm³/mol. The van der Waals surface area contributed by atoms with Gasteiger partial charge in [0.05, 0.1) is 0 Å². The van der Waals surface area contributed by atoms with Gasteiger partial charge >= 0.3 is 14.6 Å². The molecule has 0 saturated heterocycles. The summed E-state index contributed by atoms with van der Waals surface area (Å²) in [6.45, 7) is -4.27. The zero-order chi connectivity index (χ0) is 12.7. The minimum atomic E-state index is -4.91. The highest BCUT2D eigenvalue weighted by Gasteiger charge is 2.42. The molecule has 100 valence electrons. The van der Waals surface area contributed by atoms with Crippen molar-refractivity contribution in [2.45, 2.75) is 30.9 Å². The van der Waals surface area contributed by atoms with Crippen LogP contribution in [0.15, 0.2) is 0 Å². The van der Waals surface area contributed by atoms with Gasteiger partial charge < -0.3 is 14.7 Å². The molecule has 2 bridgehead atoms. The second kappa shape index (κ2) is 5.17. The maximum atomic E-state index is 11.4. The van der Waals surface area contributed by atoms with Crippen LogP contribution in [0.5, 0.6) is 0 Å². The van der Waals surface area contributed by atoms with Gasteiger partial charge in [-0.1, -0.05) is 17.2 Å². The Morgan fingerprint density at radius 1 is 1.12 bits per heavy atom. The Morgan fingerprint density at radius 3 is 2.29 bits per heavy atom. The summed E-state index contributed by atoms with van der Waals surface area (Å²) in [7, 11) is -3.12. The molecule has 0 aromatic carbocycles. The number of phosphoric acid groups is 1. The Morgan fingerprint density at radius 2 is 1.82 bits per heavy atom. The Bertz CT molecular complexity index is 385. The summed E-state index contributed by atoms with van der Waals surface area (Å²) in [6.07, 6.45) is 4.59. The van der Waals surface area contributed by atoms with Gasteiger partial charge in [-0.3, -0.25) is 0 Å².